The summed E-state index contributed by atoms with van der Waals surface area (Å²) in [5.41, 5.74) is -0.466. The first-order valence-corrected chi connectivity index (χ1v) is 7.40. The van der Waals surface area contributed by atoms with E-state index in [4.69, 9.17) is 5.26 Å². The third kappa shape index (κ3) is 4.83. The summed E-state index contributed by atoms with van der Waals surface area (Å²) in [6.07, 6.45) is -4.73. The van der Waals surface area contributed by atoms with Gasteiger partial charge in [0.2, 0.25) is 0 Å². The van der Waals surface area contributed by atoms with E-state index in [-0.39, 0.29) is 12.0 Å². The maximum atomic E-state index is 12.7. The number of carbonyl (C=O) groups is 2. The molecule has 8 heteroatoms. The molecule has 0 spiro atoms. The molecule has 134 valence electrons. The summed E-state index contributed by atoms with van der Waals surface area (Å²) in [6.45, 7) is 0. The monoisotopic (exact) mass is 362 g/mol. The van der Waals surface area contributed by atoms with E-state index < -0.39 is 29.7 Å². The molecule has 0 heterocycles. The number of nitrogens with one attached hydrogen (secondary N) is 1. The summed E-state index contributed by atoms with van der Waals surface area (Å²) in [4.78, 5) is 23.5. The number of aliphatic carboxylic acids is 1. The van der Waals surface area contributed by atoms with Crippen molar-refractivity contribution < 1.29 is 27.9 Å². The van der Waals surface area contributed by atoms with Crippen LogP contribution in [0.5, 0.6) is 0 Å². The second kappa shape index (κ2) is 7.70. The predicted octanol–water partition coefficient (Wildman–Crippen LogP) is 3.00. The van der Waals surface area contributed by atoms with Gasteiger partial charge in [-0.2, -0.15) is 18.4 Å². The number of benzene rings is 2. The highest BCUT2D eigenvalue weighted by molar-refractivity contribution is 5.96. The lowest BCUT2D eigenvalue weighted by atomic mass is 10.0. The number of hydrogen-bond donors (Lipinski definition) is 2. The Kier molecular flexibility index (Phi) is 5.62. The average Bonchev–Trinajstić information content (AvgIpc) is 2.60. The summed E-state index contributed by atoms with van der Waals surface area (Å²) in [5, 5.41) is 20.4. The van der Waals surface area contributed by atoms with Crippen molar-refractivity contribution in [3.8, 4) is 6.07 Å². The van der Waals surface area contributed by atoms with Gasteiger partial charge in [-0.15, -0.1) is 0 Å². The number of rotatable bonds is 5. The van der Waals surface area contributed by atoms with Crippen LogP contribution < -0.4 is 5.32 Å². The van der Waals surface area contributed by atoms with E-state index in [1.165, 1.54) is 12.1 Å². The number of halogens is 3. The molecule has 0 bridgehead atoms. The van der Waals surface area contributed by atoms with Gasteiger partial charge in [-0.05, 0) is 35.9 Å². The molecule has 2 aromatic rings. The second-order valence-electron chi connectivity index (χ2n) is 5.46. The van der Waals surface area contributed by atoms with Crippen molar-refractivity contribution in [2.75, 3.05) is 0 Å². The van der Waals surface area contributed by atoms with Crippen LogP contribution in [-0.2, 0) is 17.4 Å². The van der Waals surface area contributed by atoms with Crippen LogP contribution >= 0.6 is 0 Å². The quantitative estimate of drug-likeness (QED) is 0.856. The Balaban J connectivity index is 2.18. The van der Waals surface area contributed by atoms with Crippen LogP contribution in [-0.4, -0.2) is 23.0 Å². The molecule has 0 saturated heterocycles. The summed E-state index contributed by atoms with van der Waals surface area (Å²) in [5.74, 6) is -2.27. The topological polar surface area (TPSA) is 90.2 Å². The minimum absolute atomic E-state index is 0.116. The predicted molar refractivity (Wildman–Crippen MR) is 85.2 cm³/mol. The summed E-state index contributed by atoms with van der Waals surface area (Å²) in [6, 6.07) is 10.5. The van der Waals surface area contributed by atoms with Crippen LogP contribution in [0.15, 0.2) is 48.5 Å². The highest BCUT2D eigenvalue weighted by Crippen LogP contribution is 2.29. The summed E-state index contributed by atoms with van der Waals surface area (Å²) < 4.78 is 38.2. The number of alkyl halides is 3. The van der Waals surface area contributed by atoms with Gasteiger partial charge in [-0.3, -0.25) is 4.79 Å². The first-order valence-electron chi connectivity index (χ1n) is 7.40. The first-order chi connectivity index (χ1) is 12.2. The lowest BCUT2D eigenvalue weighted by Gasteiger charge is -2.15. The molecule has 0 aliphatic heterocycles. The van der Waals surface area contributed by atoms with Crippen LogP contribution in [0.4, 0.5) is 13.2 Å². The van der Waals surface area contributed by atoms with Gasteiger partial charge in [-0.1, -0.05) is 18.2 Å². The Morgan fingerprint density at radius 3 is 2.46 bits per heavy atom. The standard InChI is InChI=1S/C18H13F3N2O3/c19-18(20,21)14-6-2-5-13(9-14)16(24)23-15(17(25)26)8-11-3-1-4-12(7-11)10-22/h1-7,9,15H,8H2,(H,23,24)(H,25,26)/t15-/m1/s1. The van der Waals surface area contributed by atoms with Gasteiger partial charge in [0.25, 0.3) is 5.91 Å². The average molecular weight is 362 g/mol. The molecule has 0 aromatic heterocycles. The minimum atomic E-state index is -4.61. The molecule has 0 aliphatic rings. The lowest BCUT2D eigenvalue weighted by Crippen LogP contribution is -2.42. The van der Waals surface area contributed by atoms with E-state index in [1.807, 2.05) is 6.07 Å². The van der Waals surface area contributed by atoms with Crippen LogP contribution in [0.3, 0.4) is 0 Å². The van der Waals surface area contributed by atoms with Gasteiger partial charge in [-0.25, -0.2) is 4.79 Å². The van der Waals surface area contributed by atoms with E-state index in [0.717, 1.165) is 12.1 Å². The first kappa shape index (κ1) is 19.0. The van der Waals surface area contributed by atoms with Crippen molar-refractivity contribution in [1.29, 1.82) is 5.26 Å². The fraction of sp³-hybridized carbons (Fsp3) is 0.167. The zero-order chi connectivity index (χ0) is 19.3. The smallest absolute Gasteiger partial charge is 0.416 e. The van der Waals surface area contributed by atoms with Crippen molar-refractivity contribution in [1.82, 2.24) is 5.32 Å². The van der Waals surface area contributed by atoms with Crippen molar-refractivity contribution in [2.24, 2.45) is 0 Å². The number of amides is 1. The van der Waals surface area contributed by atoms with E-state index in [1.54, 1.807) is 18.2 Å². The van der Waals surface area contributed by atoms with E-state index in [0.29, 0.717) is 17.2 Å². The largest absolute Gasteiger partial charge is 0.480 e. The number of carboxylic acid groups (broad SMARTS) is 1. The maximum Gasteiger partial charge on any atom is 0.416 e. The molecular formula is C18H13F3N2O3. The number of carbonyl (C=O) groups excluding carboxylic acids is 1. The van der Waals surface area contributed by atoms with Gasteiger partial charge in [0.05, 0.1) is 17.2 Å². The molecule has 1 amide bonds. The Morgan fingerprint density at radius 1 is 1.15 bits per heavy atom. The zero-order valence-corrected chi connectivity index (χ0v) is 13.2. The molecule has 2 N–H and O–H groups in total. The molecule has 26 heavy (non-hydrogen) atoms. The highest BCUT2D eigenvalue weighted by Gasteiger charge is 2.31. The van der Waals surface area contributed by atoms with E-state index >= 15 is 0 Å². The van der Waals surface area contributed by atoms with Gasteiger partial charge in [0, 0.05) is 12.0 Å². The van der Waals surface area contributed by atoms with Crippen LogP contribution in [0.2, 0.25) is 0 Å². The Bertz CT molecular complexity index is 872. The van der Waals surface area contributed by atoms with Crippen molar-refractivity contribution in [2.45, 2.75) is 18.6 Å². The zero-order valence-electron chi connectivity index (χ0n) is 13.2. The molecule has 0 aliphatic carbocycles. The Hall–Kier alpha value is -3.34. The third-order valence-corrected chi connectivity index (χ3v) is 3.55. The van der Waals surface area contributed by atoms with Gasteiger partial charge >= 0.3 is 12.1 Å². The van der Waals surface area contributed by atoms with Crippen LogP contribution in [0.25, 0.3) is 0 Å². The van der Waals surface area contributed by atoms with Crippen molar-refractivity contribution >= 4 is 11.9 Å². The molecule has 2 aromatic carbocycles. The molecule has 0 fully saturated rings. The fourth-order valence-corrected chi connectivity index (χ4v) is 2.28. The van der Waals surface area contributed by atoms with E-state index in [2.05, 4.69) is 5.32 Å². The maximum absolute atomic E-state index is 12.7. The molecule has 0 saturated carbocycles. The molecule has 2 rings (SSSR count). The minimum Gasteiger partial charge on any atom is -0.480 e. The molecular weight excluding hydrogens is 349 g/mol. The summed E-state index contributed by atoms with van der Waals surface area (Å²) >= 11 is 0. The number of hydrogen-bond acceptors (Lipinski definition) is 3. The molecule has 5 nitrogen and oxygen atoms in total. The van der Waals surface area contributed by atoms with Gasteiger partial charge < -0.3 is 10.4 Å². The second-order valence-corrected chi connectivity index (χ2v) is 5.46. The number of nitriles is 1. The normalized spacial score (nSPS) is 12.1. The highest BCUT2D eigenvalue weighted by atomic mass is 19.4. The molecule has 0 unspecified atom stereocenters. The third-order valence-electron chi connectivity index (χ3n) is 3.55. The van der Waals surface area contributed by atoms with Crippen molar-refractivity contribution in [3.63, 3.8) is 0 Å². The van der Waals surface area contributed by atoms with Crippen molar-refractivity contribution in [3.05, 3.63) is 70.8 Å². The Labute approximate surface area is 146 Å². The Morgan fingerprint density at radius 2 is 1.85 bits per heavy atom. The number of carboxylic acids is 1. The lowest BCUT2D eigenvalue weighted by molar-refractivity contribution is -0.139. The number of nitrogens with zero attached hydrogens (tertiary/aromatic N) is 1. The van der Waals surface area contributed by atoms with Gasteiger partial charge in [0.15, 0.2) is 0 Å². The van der Waals surface area contributed by atoms with E-state index in [9.17, 15) is 27.9 Å². The SMILES string of the molecule is N#Cc1cccc(C[C@@H](NC(=O)c2cccc(C(F)(F)F)c2)C(=O)O)c1. The molecule has 1 atom stereocenters. The van der Waals surface area contributed by atoms with Crippen LogP contribution in [0, 0.1) is 11.3 Å². The molecule has 0 radical (unpaired) electrons. The van der Waals surface area contributed by atoms with Crippen LogP contribution in [0.1, 0.15) is 27.0 Å². The van der Waals surface area contributed by atoms with Gasteiger partial charge in [0.1, 0.15) is 6.04 Å². The fourth-order valence-electron chi connectivity index (χ4n) is 2.28. The summed E-state index contributed by atoms with van der Waals surface area (Å²) in [7, 11) is 0.